The summed E-state index contributed by atoms with van der Waals surface area (Å²) in [5.74, 6) is -0.489. The predicted molar refractivity (Wildman–Crippen MR) is 89.6 cm³/mol. The Morgan fingerprint density at radius 2 is 2.17 bits per heavy atom. The molecule has 0 atom stereocenters. The van der Waals surface area contributed by atoms with Gasteiger partial charge in [-0.15, -0.1) is 10.2 Å². The normalized spacial score (nSPS) is 14.0. The smallest absolute Gasteiger partial charge is 0.245 e. The van der Waals surface area contributed by atoms with Crippen molar-refractivity contribution in [2.75, 3.05) is 23.3 Å². The molecule has 0 bridgehead atoms. The number of para-hydroxylation sites is 1. The maximum atomic E-state index is 14.0. The molecule has 0 saturated heterocycles. The fraction of sp³-hybridized carbons (Fsp3) is 0.438. The van der Waals surface area contributed by atoms with E-state index in [4.69, 9.17) is 0 Å². The number of rotatable bonds is 3. The van der Waals surface area contributed by atoms with E-state index in [9.17, 15) is 9.18 Å². The lowest BCUT2D eigenvalue weighted by molar-refractivity contribution is -0.115. The summed E-state index contributed by atoms with van der Waals surface area (Å²) in [5, 5.41) is 12.2. The Morgan fingerprint density at radius 1 is 1.39 bits per heavy atom. The first-order valence-electron chi connectivity index (χ1n) is 7.51. The molecule has 2 heterocycles. The molecule has 1 aliphatic heterocycles. The first-order valence-corrected chi connectivity index (χ1v) is 8.32. The van der Waals surface area contributed by atoms with Gasteiger partial charge in [0, 0.05) is 12.0 Å². The molecule has 0 unspecified atom stereocenters. The molecule has 3 rings (SSSR count). The van der Waals surface area contributed by atoms with Crippen molar-refractivity contribution in [1.29, 1.82) is 0 Å². The standard InChI is InChI=1S/C16H19FN4OS/c1-16(2,3)14-19-20-15(23-14)18-12(22)9-21-8-7-10-5-4-6-11(17)13(10)21/h4-6H,7-9H2,1-3H3,(H,18,20,22). The fourth-order valence-corrected chi connectivity index (χ4v) is 3.37. The third-order valence-corrected chi connectivity index (χ3v) is 4.95. The molecule has 0 radical (unpaired) electrons. The number of benzene rings is 1. The van der Waals surface area contributed by atoms with Gasteiger partial charge >= 0.3 is 0 Å². The van der Waals surface area contributed by atoms with Gasteiger partial charge in [0.2, 0.25) is 11.0 Å². The van der Waals surface area contributed by atoms with Crippen molar-refractivity contribution >= 4 is 28.1 Å². The van der Waals surface area contributed by atoms with E-state index >= 15 is 0 Å². The Morgan fingerprint density at radius 3 is 2.87 bits per heavy atom. The van der Waals surface area contributed by atoms with Crippen LogP contribution in [0.4, 0.5) is 15.2 Å². The molecule has 0 aliphatic carbocycles. The summed E-state index contributed by atoms with van der Waals surface area (Å²) >= 11 is 1.37. The highest BCUT2D eigenvalue weighted by Crippen LogP contribution is 2.31. The van der Waals surface area contributed by atoms with E-state index in [-0.39, 0.29) is 23.7 Å². The number of amides is 1. The number of anilines is 2. The van der Waals surface area contributed by atoms with Gasteiger partial charge in [0.25, 0.3) is 0 Å². The largest absolute Gasteiger partial charge is 0.359 e. The third-order valence-electron chi connectivity index (χ3n) is 3.69. The van der Waals surface area contributed by atoms with Gasteiger partial charge < -0.3 is 4.90 Å². The van der Waals surface area contributed by atoms with Gasteiger partial charge in [-0.3, -0.25) is 10.1 Å². The van der Waals surface area contributed by atoms with E-state index in [1.807, 2.05) is 26.8 Å². The van der Waals surface area contributed by atoms with E-state index in [1.165, 1.54) is 17.4 Å². The van der Waals surface area contributed by atoms with Gasteiger partial charge in [0.1, 0.15) is 10.8 Å². The van der Waals surface area contributed by atoms with Gasteiger partial charge in [0.15, 0.2) is 0 Å². The molecule has 1 aromatic carbocycles. The zero-order valence-corrected chi connectivity index (χ0v) is 14.2. The number of fused-ring (bicyclic) bond motifs is 1. The van der Waals surface area contributed by atoms with Crippen molar-refractivity contribution in [3.05, 3.63) is 34.6 Å². The molecule has 122 valence electrons. The summed E-state index contributed by atoms with van der Waals surface area (Å²) in [7, 11) is 0. The summed E-state index contributed by atoms with van der Waals surface area (Å²) in [6, 6.07) is 5.03. The van der Waals surface area contributed by atoms with Crippen LogP contribution in [-0.2, 0) is 16.6 Å². The zero-order valence-electron chi connectivity index (χ0n) is 13.4. The minimum atomic E-state index is -0.279. The van der Waals surface area contributed by atoms with Crippen LogP contribution in [0, 0.1) is 5.82 Å². The molecule has 23 heavy (non-hydrogen) atoms. The van der Waals surface area contributed by atoms with Crippen LogP contribution in [-0.4, -0.2) is 29.2 Å². The van der Waals surface area contributed by atoms with Crippen LogP contribution in [0.2, 0.25) is 0 Å². The highest BCUT2D eigenvalue weighted by Gasteiger charge is 2.25. The average Bonchev–Trinajstić information content (AvgIpc) is 3.06. The van der Waals surface area contributed by atoms with Gasteiger partial charge in [-0.05, 0) is 18.1 Å². The predicted octanol–water partition coefficient (Wildman–Crippen LogP) is 2.98. The topological polar surface area (TPSA) is 58.1 Å². The Balaban J connectivity index is 1.67. The summed E-state index contributed by atoms with van der Waals surface area (Å²) in [6.07, 6.45) is 0.757. The lowest BCUT2D eigenvalue weighted by Crippen LogP contribution is -2.32. The zero-order chi connectivity index (χ0) is 16.6. The number of carbonyl (C=O) groups is 1. The molecular weight excluding hydrogens is 315 g/mol. The monoisotopic (exact) mass is 334 g/mol. The second-order valence-corrected chi connectivity index (χ2v) is 7.61. The van der Waals surface area contributed by atoms with E-state index < -0.39 is 0 Å². The molecule has 1 N–H and O–H groups in total. The van der Waals surface area contributed by atoms with Crippen LogP contribution in [0.3, 0.4) is 0 Å². The number of aromatic nitrogens is 2. The first kappa shape index (κ1) is 15.9. The van der Waals surface area contributed by atoms with Gasteiger partial charge in [-0.2, -0.15) is 0 Å². The number of nitrogens with one attached hydrogen (secondary N) is 1. The molecular formula is C16H19FN4OS. The number of carbonyl (C=O) groups excluding carboxylic acids is 1. The minimum Gasteiger partial charge on any atom is -0.359 e. The number of halogens is 1. The van der Waals surface area contributed by atoms with Crippen LogP contribution in [0.15, 0.2) is 18.2 Å². The van der Waals surface area contributed by atoms with Crippen molar-refractivity contribution in [3.63, 3.8) is 0 Å². The lowest BCUT2D eigenvalue weighted by Gasteiger charge is -2.18. The average molecular weight is 334 g/mol. The summed E-state index contributed by atoms with van der Waals surface area (Å²) in [4.78, 5) is 14.0. The van der Waals surface area contributed by atoms with E-state index in [1.54, 1.807) is 11.0 Å². The van der Waals surface area contributed by atoms with Crippen LogP contribution in [0.25, 0.3) is 0 Å². The van der Waals surface area contributed by atoms with Crippen LogP contribution in [0.1, 0.15) is 31.3 Å². The molecule has 1 aromatic heterocycles. The highest BCUT2D eigenvalue weighted by molar-refractivity contribution is 7.15. The van der Waals surface area contributed by atoms with Gasteiger partial charge in [-0.1, -0.05) is 44.2 Å². The van der Waals surface area contributed by atoms with Crippen LogP contribution >= 0.6 is 11.3 Å². The molecule has 1 amide bonds. The maximum absolute atomic E-state index is 14.0. The van der Waals surface area contributed by atoms with E-state index in [0.29, 0.717) is 17.4 Å². The number of hydrogen-bond donors (Lipinski definition) is 1. The minimum absolute atomic E-state index is 0.0995. The Labute approximate surface area is 138 Å². The second kappa shape index (κ2) is 5.88. The Hall–Kier alpha value is -2.02. The molecule has 1 aliphatic rings. The number of hydrogen-bond acceptors (Lipinski definition) is 5. The molecule has 7 heteroatoms. The van der Waals surface area contributed by atoms with Crippen LogP contribution < -0.4 is 10.2 Å². The molecule has 0 fully saturated rings. The summed E-state index contributed by atoms with van der Waals surface area (Å²) in [6.45, 7) is 6.89. The highest BCUT2D eigenvalue weighted by atomic mass is 32.1. The van der Waals surface area contributed by atoms with Crippen molar-refractivity contribution < 1.29 is 9.18 Å². The van der Waals surface area contributed by atoms with Crippen molar-refractivity contribution in [2.24, 2.45) is 0 Å². The quantitative estimate of drug-likeness (QED) is 0.937. The van der Waals surface area contributed by atoms with Crippen molar-refractivity contribution in [2.45, 2.75) is 32.6 Å². The van der Waals surface area contributed by atoms with Crippen molar-refractivity contribution in [3.8, 4) is 0 Å². The molecule has 2 aromatic rings. The first-order chi connectivity index (χ1) is 10.8. The molecule has 0 saturated carbocycles. The Bertz CT molecular complexity index is 738. The second-order valence-electron chi connectivity index (χ2n) is 6.63. The molecule has 0 spiro atoms. The summed E-state index contributed by atoms with van der Waals surface area (Å²) < 4.78 is 14.0. The fourth-order valence-electron chi connectivity index (χ4n) is 2.55. The third kappa shape index (κ3) is 3.34. The Kier molecular flexibility index (Phi) is 4.06. The van der Waals surface area contributed by atoms with Gasteiger partial charge in [-0.25, -0.2) is 4.39 Å². The molecule has 5 nitrogen and oxygen atoms in total. The van der Waals surface area contributed by atoms with E-state index in [2.05, 4.69) is 15.5 Å². The lowest BCUT2D eigenvalue weighted by atomic mass is 9.98. The van der Waals surface area contributed by atoms with Crippen LogP contribution in [0.5, 0.6) is 0 Å². The SMILES string of the molecule is CC(C)(C)c1nnc(NC(=O)CN2CCc3cccc(F)c32)s1. The van der Waals surface area contributed by atoms with Gasteiger partial charge in [0.05, 0.1) is 12.2 Å². The summed E-state index contributed by atoms with van der Waals surface area (Å²) in [5.41, 5.74) is 1.39. The maximum Gasteiger partial charge on any atom is 0.245 e. The van der Waals surface area contributed by atoms with E-state index in [0.717, 1.165) is 17.0 Å². The van der Waals surface area contributed by atoms with Crippen molar-refractivity contribution in [1.82, 2.24) is 10.2 Å². The number of nitrogens with zero attached hydrogens (tertiary/aromatic N) is 3.